The molecule has 6 heteroatoms. The number of oxazole rings is 1. The first kappa shape index (κ1) is 21.6. The predicted molar refractivity (Wildman–Crippen MR) is 123 cm³/mol. The van der Waals surface area contributed by atoms with Crippen LogP contribution in [0.3, 0.4) is 0 Å². The Morgan fingerprint density at radius 3 is 2.74 bits per heavy atom. The van der Waals surface area contributed by atoms with Crippen LogP contribution in [0.1, 0.15) is 29.9 Å². The van der Waals surface area contributed by atoms with Crippen LogP contribution < -0.4 is 5.32 Å². The molecule has 1 unspecified atom stereocenters. The molecule has 0 aliphatic carbocycles. The summed E-state index contributed by atoms with van der Waals surface area (Å²) in [6.45, 7) is 5.03. The fourth-order valence-electron chi connectivity index (χ4n) is 4.03. The van der Waals surface area contributed by atoms with Crippen molar-refractivity contribution in [2.24, 2.45) is 5.92 Å². The quantitative estimate of drug-likeness (QED) is 0.572. The molecule has 0 bridgehead atoms. The highest BCUT2D eigenvalue weighted by atomic mass is 35.5. The smallest absolute Gasteiger partial charge is 0.226 e. The highest BCUT2D eigenvalue weighted by molar-refractivity contribution is 6.30. The normalized spacial score (nSPS) is 16.9. The number of benzene rings is 2. The van der Waals surface area contributed by atoms with Gasteiger partial charge in [0.25, 0.3) is 0 Å². The van der Waals surface area contributed by atoms with Gasteiger partial charge in [-0.1, -0.05) is 41.9 Å². The summed E-state index contributed by atoms with van der Waals surface area (Å²) >= 11 is 5.98. The molecule has 162 valence electrons. The molecule has 31 heavy (non-hydrogen) atoms. The Hall–Kier alpha value is -2.63. The highest BCUT2D eigenvalue weighted by Gasteiger charge is 2.26. The number of aryl methyl sites for hydroxylation is 1. The second kappa shape index (κ2) is 10.1. The third kappa shape index (κ3) is 5.75. The van der Waals surface area contributed by atoms with Crippen molar-refractivity contribution in [3.8, 4) is 11.5 Å². The van der Waals surface area contributed by atoms with E-state index in [9.17, 15) is 4.79 Å². The van der Waals surface area contributed by atoms with Crippen molar-refractivity contribution in [1.29, 1.82) is 0 Å². The number of likely N-dealkylation sites (tertiary alicyclic amines) is 1. The minimum absolute atomic E-state index is 0.0208. The van der Waals surface area contributed by atoms with Crippen molar-refractivity contribution in [3.63, 3.8) is 0 Å². The van der Waals surface area contributed by atoms with E-state index in [0.717, 1.165) is 49.4 Å². The average Bonchev–Trinajstić information content (AvgIpc) is 3.15. The number of nitrogens with zero attached hydrogens (tertiary/aromatic N) is 2. The molecule has 4 rings (SSSR count). The van der Waals surface area contributed by atoms with E-state index in [1.807, 2.05) is 49.4 Å². The van der Waals surface area contributed by atoms with E-state index in [1.54, 1.807) is 0 Å². The molecule has 0 radical (unpaired) electrons. The van der Waals surface area contributed by atoms with Crippen LogP contribution in [0, 0.1) is 12.8 Å². The molecule has 3 aromatic rings. The molecule has 2 aromatic carbocycles. The topological polar surface area (TPSA) is 58.4 Å². The van der Waals surface area contributed by atoms with Crippen molar-refractivity contribution >= 4 is 17.5 Å². The van der Waals surface area contributed by atoms with Gasteiger partial charge in [-0.2, -0.15) is 0 Å². The Bertz CT molecular complexity index is 1000. The van der Waals surface area contributed by atoms with Gasteiger partial charge in [0.1, 0.15) is 5.76 Å². The number of carbonyl (C=O) groups is 1. The lowest BCUT2D eigenvalue weighted by Crippen LogP contribution is -2.43. The van der Waals surface area contributed by atoms with Crippen molar-refractivity contribution in [3.05, 3.63) is 76.6 Å². The summed E-state index contributed by atoms with van der Waals surface area (Å²) in [5.74, 6) is 1.60. The van der Waals surface area contributed by atoms with E-state index >= 15 is 0 Å². The third-order valence-corrected chi connectivity index (χ3v) is 6.04. The fraction of sp³-hybridized carbons (Fsp3) is 0.360. The number of hydrogen-bond donors (Lipinski definition) is 1. The largest absolute Gasteiger partial charge is 0.441 e. The Balaban J connectivity index is 1.31. The van der Waals surface area contributed by atoms with Gasteiger partial charge in [-0.25, -0.2) is 4.98 Å². The number of piperidine rings is 1. The van der Waals surface area contributed by atoms with Crippen LogP contribution in [-0.4, -0.2) is 35.4 Å². The predicted octanol–water partition coefficient (Wildman–Crippen LogP) is 4.87. The Morgan fingerprint density at radius 2 is 1.97 bits per heavy atom. The van der Waals surface area contributed by atoms with Gasteiger partial charge in [-0.05, 0) is 62.6 Å². The molecule has 1 aromatic heterocycles. The minimum Gasteiger partial charge on any atom is -0.441 e. The number of nitrogens with one attached hydrogen (secondary N) is 1. The van der Waals surface area contributed by atoms with E-state index in [4.69, 9.17) is 21.0 Å². The molecule has 1 fully saturated rings. The Morgan fingerprint density at radius 1 is 1.19 bits per heavy atom. The standard InChI is InChI=1S/C25H28ClN3O2/c1-18-23(28-25(31-18)20-9-11-22(26)12-10-20)17-29-15-5-8-21(16-29)24(30)27-14-13-19-6-3-2-4-7-19/h2-4,6-7,9-12,21H,5,8,13-17H2,1H3,(H,27,30). The first-order valence-corrected chi connectivity index (χ1v) is 11.2. The molecule has 1 amide bonds. The molecule has 1 N–H and O–H groups in total. The molecule has 1 atom stereocenters. The summed E-state index contributed by atoms with van der Waals surface area (Å²) in [5, 5.41) is 3.80. The first-order valence-electron chi connectivity index (χ1n) is 10.8. The zero-order valence-corrected chi connectivity index (χ0v) is 18.6. The second-order valence-corrected chi connectivity index (χ2v) is 8.57. The lowest BCUT2D eigenvalue weighted by atomic mass is 9.97. The van der Waals surface area contributed by atoms with Crippen molar-refractivity contribution in [1.82, 2.24) is 15.2 Å². The van der Waals surface area contributed by atoms with Gasteiger partial charge in [0.15, 0.2) is 0 Å². The SMILES string of the molecule is Cc1oc(-c2ccc(Cl)cc2)nc1CN1CCCC(C(=O)NCCc2ccccc2)C1. The van der Waals surface area contributed by atoms with Gasteiger partial charge >= 0.3 is 0 Å². The summed E-state index contributed by atoms with van der Waals surface area (Å²) in [5.41, 5.74) is 3.08. The van der Waals surface area contributed by atoms with Gasteiger partial charge < -0.3 is 9.73 Å². The summed E-state index contributed by atoms with van der Waals surface area (Å²) in [7, 11) is 0. The van der Waals surface area contributed by atoms with Crippen molar-refractivity contribution in [2.75, 3.05) is 19.6 Å². The van der Waals surface area contributed by atoms with Crippen LogP contribution >= 0.6 is 11.6 Å². The molecular formula is C25H28ClN3O2. The third-order valence-electron chi connectivity index (χ3n) is 5.79. The maximum atomic E-state index is 12.7. The van der Waals surface area contributed by atoms with Crippen molar-refractivity contribution < 1.29 is 9.21 Å². The number of halogens is 1. The second-order valence-electron chi connectivity index (χ2n) is 8.13. The van der Waals surface area contributed by atoms with Gasteiger partial charge in [-0.15, -0.1) is 0 Å². The van der Waals surface area contributed by atoms with E-state index < -0.39 is 0 Å². The maximum absolute atomic E-state index is 12.7. The van der Waals surface area contributed by atoms with Crippen LogP contribution in [0.5, 0.6) is 0 Å². The van der Waals surface area contributed by atoms with E-state index in [2.05, 4.69) is 22.3 Å². The number of amides is 1. The number of carbonyl (C=O) groups excluding carboxylic acids is 1. The van der Waals surface area contributed by atoms with E-state index in [1.165, 1.54) is 5.56 Å². The zero-order chi connectivity index (χ0) is 21.6. The van der Waals surface area contributed by atoms with Gasteiger partial charge in [-0.3, -0.25) is 9.69 Å². The maximum Gasteiger partial charge on any atom is 0.226 e. The number of hydrogen-bond acceptors (Lipinski definition) is 4. The molecule has 5 nitrogen and oxygen atoms in total. The molecule has 1 saturated heterocycles. The fourth-order valence-corrected chi connectivity index (χ4v) is 4.16. The summed E-state index contributed by atoms with van der Waals surface area (Å²) in [6, 6.07) is 17.7. The lowest BCUT2D eigenvalue weighted by Gasteiger charge is -2.31. The highest BCUT2D eigenvalue weighted by Crippen LogP contribution is 2.25. The van der Waals surface area contributed by atoms with Crippen LogP contribution in [0.2, 0.25) is 5.02 Å². The van der Waals surface area contributed by atoms with E-state index in [0.29, 0.717) is 24.0 Å². The van der Waals surface area contributed by atoms with E-state index in [-0.39, 0.29) is 11.8 Å². The average molecular weight is 438 g/mol. The van der Waals surface area contributed by atoms with Gasteiger partial charge in [0, 0.05) is 30.2 Å². The van der Waals surface area contributed by atoms with Gasteiger partial charge in [0.05, 0.1) is 11.6 Å². The van der Waals surface area contributed by atoms with Crippen LogP contribution in [0.4, 0.5) is 0 Å². The summed E-state index contributed by atoms with van der Waals surface area (Å²) in [6.07, 6.45) is 2.80. The molecular weight excluding hydrogens is 410 g/mol. The Labute approximate surface area is 188 Å². The minimum atomic E-state index is 0.0208. The summed E-state index contributed by atoms with van der Waals surface area (Å²) in [4.78, 5) is 19.7. The van der Waals surface area contributed by atoms with Gasteiger partial charge in [0.2, 0.25) is 11.8 Å². The number of aromatic nitrogens is 1. The number of rotatable bonds is 7. The zero-order valence-electron chi connectivity index (χ0n) is 17.8. The molecule has 0 spiro atoms. The molecule has 1 aliphatic heterocycles. The van der Waals surface area contributed by atoms with Crippen LogP contribution in [0.15, 0.2) is 59.0 Å². The lowest BCUT2D eigenvalue weighted by molar-refractivity contribution is -0.126. The van der Waals surface area contributed by atoms with Crippen molar-refractivity contribution in [2.45, 2.75) is 32.7 Å². The van der Waals surface area contributed by atoms with Crippen LogP contribution in [-0.2, 0) is 17.8 Å². The molecule has 2 heterocycles. The first-order chi connectivity index (χ1) is 15.1. The molecule has 0 saturated carbocycles. The Kier molecular flexibility index (Phi) is 7.05. The van der Waals surface area contributed by atoms with Crippen LogP contribution in [0.25, 0.3) is 11.5 Å². The monoisotopic (exact) mass is 437 g/mol. The molecule has 1 aliphatic rings. The summed E-state index contributed by atoms with van der Waals surface area (Å²) < 4.78 is 5.89.